The van der Waals surface area contributed by atoms with Crippen molar-refractivity contribution < 1.29 is 9.13 Å². The Morgan fingerprint density at radius 2 is 2.08 bits per heavy atom. The van der Waals surface area contributed by atoms with Gasteiger partial charge in [0.15, 0.2) is 5.82 Å². The quantitative estimate of drug-likeness (QED) is 0.934. The van der Waals surface area contributed by atoms with Crippen LogP contribution in [0.4, 0.5) is 4.39 Å². The number of para-hydroxylation sites is 1. The minimum atomic E-state index is -0.251. The predicted octanol–water partition coefficient (Wildman–Crippen LogP) is 2.39. The van der Waals surface area contributed by atoms with Crippen molar-refractivity contribution in [2.45, 2.75) is 31.8 Å². The van der Waals surface area contributed by atoms with Crippen LogP contribution in [-0.2, 0) is 11.3 Å². The summed E-state index contributed by atoms with van der Waals surface area (Å²) in [5.74, 6) is 0.613. The molecule has 2 aliphatic heterocycles. The van der Waals surface area contributed by atoms with Gasteiger partial charge in [-0.15, -0.1) is 0 Å². The fourth-order valence-electron chi connectivity index (χ4n) is 3.87. The molecule has 1 atom stereocenters. The molecule has 1 N–H and O–H groups in total. The maximum absolute atomic E-state index is 13.8. The van der Waals surface area contributed by atoms with E-state index in [1.54, 1.807) is 6.07 Å². The Morgan fingerprint density at radius 3 is 2.92 bits per heavy atom. The van der Waals surface area contributed by atoms with Gasteiger partial charge in [0, 0.05) is 25.7 Å². The van der Waals surface area contributed by atoms with E-state index in [4.69, 9.17) is 4.74 Å². The SMILES string of the molecule is Fc1cccc2[nH]c(CN3CCCC[C@H]3CN3CCOCC3)nc12. The van der Waals surface area contributed by atoms with Gasteiger partial charge in [0.05, 0.1) is 25.3 Å². The molecule has 24 heavy (non-hydrogen) atoms. The van der Waals surface area contributed by atoms with E-state index in [1.807, 2.05) is 6.07 Å². The number of halogens is 1. The van der Waals surface area contributed by atoms with Crippen molar-refractivity contribution in [2.24, 2.45) is 0 Å². The number of rotatable bonds is 4. The second kappa shape index (κ2) is 7.17. The average Bonchev–Trinajstić information content (AvgIpc) is 3.02. The Hall–Kier alpha value is -1.50. The third kappa shape index (κ3) is 3.45. The highest BCUT2D eigenvalue weighted by molar-refractivity contribution is 5.75. The molecule has 0 bridgehead atoms. The number of piperidine rings is 1. The third-order valence-corrected chi connectivity index (χ3v) is 5.19. The van der Waals surface area contributed by atoms with Crippen LogP contribution < -0.4 is 0 Å². The molecule has 0 radical (unpaired) electrons. The van der Waals surface area contributed by atoms with Gasteiger partial charge in [-0.2, -0.15) is 0 Å². The maximum atomic E-state index is 13.8. The van der Waals surface area contributed by atoms with Crippen LogP contribution in [0.15, 0.2) is 18.2 Å². The van der Waals surface area contributed by atoms with Crippen molar-refractivity contribution in [3.63, 3.8) is 0 Å². The van der Waals surface area contributed by atoms with Crippen molar-refractivity contribution in [3.05, 3.63) is 29.8 Å². The molecule has 6 heteroatoms. The highest BCUT2D eigenvalue weighted by Gasteiger charge is 2.26. The summed E-state index contributed by atoms with van der Waals surface area (Å²) in [4.78, 5) is 12.8. The van der Waals surface area contributed by atoms with E-state index < -0.39 is 0 Å². The molecule has 3 heterocycles. The van der Waals surface area contributed by atoms with Crippen LogP contribution in [0.25, 0.3) is 11.0 Å². The molecule has 0 amide bonds. The minimum absolute atomic E-state index is 0.251. The van der Waals surface area contributed by atoms with E-state index in [-0.39, 0.29) is 5.82 Å². The zero-order valence-corrected chi connectivity index (χ0v) is 14.0. The van der Waals surface area contributed by atoms with E-state index in [0.717, 1.165) is 57.3 Å². The van der Waals surface area contributed by atoms with Gasteiger partial charge in [0.25, 0.3) is 0 Å². The van der Waals surface area contributed by atoms with E-state index >= 15 is 0 Å². The number of likely N-dealkylation sites (tertiary alicyclic amines) is 1. The van der Waals surface area contributed by atoms with Crippen molar-refractivity contribution in [2.75, 3.05) is 39.4 Å². The number of morpholine rings is 1. The molecule has 0 spiro atoms. The molecule has 1 aromatic carbocycles. The number of hydrogen-bond acceptors (Lipinski definition) is 4. The first-order valence-corrected chi connectivity index (χ1v) is 8.97. The molecule has 0 aliphatic carbocycles. The number of aromatic amines is 1. The Labute approximate surface area is 141 Å². The monoisotopic (exact) mass is 332 g/mol. The number of imidazole rings is 1. The Balaban J connectivity index is 1.46. The molecule has 2 aliphatic rings. The summed E-state index contributed by atoms with van der Waals surface area (Å²) in [5, 5.41) is 0. The largest absolute Gasteiger partial charge is 0.379 e. The van der Waals surface area contributed by atoms with Crippen LogP contribution in [0.2, 0.25) is 0 Å². The molecular formula is C18H25FN4O. The number of nitrogens with zero attached hydrogens (tertiary/aromatic N) is 3. The number of nitrogens with one attached hydrogen (secondary N) is 1. The molecular weight excluding hydrogens is 307 g/mol. The van der Waals surface area contributed by atoms with E-state index in [1.165, 1.54) is 25.3 Å². The molecule has 0 saturated carbocycles. The van der Waals surface area contributed by atoms with Gasteiger partial charge in [-0.25, -0.2) is 9.37 Å². The molecule has 2 fully saturated rings. The molecule has 130 valence electrons. The fourth-order valence-corrected chi connectivity index (χ4v) is 3.87. The summed E-state index contributed by atoms with van der Waals surface area (Å²) >= 11 is 0. The lowest BCUT2D eigenvalue weighted by atomic mass is 10.0. The summed E-state index contributed by atoms with van der Waals surface area (Å²) in [6.45, 7) is 6.70. The summed E-state index contributed by atoms with van der Waals surface area (Å²) in [6, 6.07) is 5.63. The summed E-state index contributed by atoms with van der Waals surface area (Å²) in [6.07, 6.45) is 3.75. The van der Waals surface area contributed by atoms with E-state index in [0.29, 0.717) is 11.6 Å². The first kappa shape index (κ1) is 16.0. The van der Waals surface area contributed by atoms with Crippen LogP contribution in [-0.4, -0.2) is 65.2 Å². The average molecular weight is 332 g/mol. The van der Waals surface area contributed by atoms with Gasteiger partial charge < -0.3 is 9.72 Å². The Morgan fingerprint density at radius 1 is 1.21 bits per heavy atom. The minimum Gasteiger partial charge on any atom is -0.379 e. The first-order chi connectivity index (χ1) is 11.8. The van der Waals surface area contributed by atoms with E-state index in [9.17, 15) is 4.39 Å². The van der Waals surface area contributed by atoms with Gasteiger partial charge in [-0.05, 0) is 31.5 Å². The van der Waals surface area contributed by atoms with Crippen LogP contribution in [0.1, 0.15) is 25.1 Å². The molecule has 5 nitrogen and oxygen atoms in total. The predicted molar refractivity (Wildman–Crippen MR) is 91.4 cm³/mol. The van der Waals surface area contributed by atoms with Gasteiger partial charge >= 0.3 is 0 Å². The Kier molecular flexibility index (Phi) is 4.78. The smallest absolute Gasteiger partial charge is 0.151 e. The number of benzene rings is 1. The standard InChI is InChI=1S/C18H25FN4O/c19-15-5-3-6-16-18(15)21-17(20-16)13-23-7-2-1-4-14(23)12-22-8-10-24-11-9-22/h3,5-6,14H,1-2,4,7-13H2,(H,20,21)/t14-/m0/s1. The van der Waals surface area contributed by atoms with Crippen LogP contribution in [0, 0.1) is 5.82 Å². The fraction of sp³-hybridized carbons (Fsp3) is 0.611. The van der Waals surface area contributed by atoms with Gasteiger partial charge in [-0.1, -0.05) is 12.5 Å². The molecule has 2 saturated heterocycles. The topological polar surface area (TPSA) is 44.4 Å². The van der Waals surface area contributed by atoms with Crippen molar-refractivity contribution >= 4 is 11.0 Å². The normalized spacial score (nSPS) is 23.8. The zero-order valence-electron chi connectivity index (χ0n) is 14.0. The summed E-state index contributed by atoms with van der Waals surface area (Å²) in [5.41, 5.74) is 1.24. The lowest BCUT2D eigenvalue weighted by Crippen LogP contribution is -2.49. The molecule has 4 rings (SSSR count). The third-order valence-electron chi connectivity index (χ3n) is 5.19. The highest BCUT2D eigenvalue weighted by Crippen LogP contribution is 2.22. The molecule has 1 aromatic heterocycles. The number of fused-ring (bicyclic) bond motifs is 1. The lowest BCUT2D eigenvalue weighted by molar-refractivity contribution is 0.0149. The lowest BCUT2D eigenvalue weighted by Gasteiger charge is -2.39. The number of aromatic nitrogens is 2. The number of H-pyrrole nitrogens is 1. The van der Waals surface area contributed by atoms with Crippen molar-refractivity contribution in [1.82, 2.24) is 19.8 Å². The van der Waals surface area contributed by atoms with Crippen molar-refractivity contribution in [3.8, 4) is 0 Å². The van der Waals surface area contributed by atoms with E-state index in [2.05, 4.69) is 19.8 Å². The number of ether oxygens (including phenoxy) is 1. The maximum Gasteiger partial charge on any atom is 0.151 e. The molecule has 2 aromatic rings. The van der Waals surface area contributed by atoms with Gasteiger partial charge in [0.2, 0.25) is 0 Å². The van der Waals surface area contributed by atoms with Crippen LogP contribution in [0.3, 0.4) is 0 Å². The van der Waals surface area contributed by atoms with Crippen molar-refractivity contribution in [1.29, 1.82) is 0 Å². The van der Waals surface area contributed by atoms with Gasteiger partial charge in [0.1, 0.15) is 11.3 Å². The highest BCUT2D eigenvalue weighted by atomic mass is 19.1. The second-order valence-corrected chi connectivity index (χ2v) is 6.85. The zero-order chi connectivity index (χ0) is 16.4. The Bertz CT molecular complexity index is 683. The summed E-state index contributed by atoms with van der Waals surface area (Å²) < 4.78 is 19.3. The molecule has 0 unspecified atom stereocenters. The van der Waals surface area contributed by atoms with Crippen LogP contribution >= 0.6 is 0 Å². The summed E-state index contributed by atoms with van der Waals surface area (Å²) in [7, 11) is 0. The number of hydrogen-bond donors (Lipinski definition) is 1. The first-order valence-electron chi connectivity index (χ1n) is 8.97. The second-order valence-electron chi connectivity index (χ2n) is 6.85. The van der Waals surface area contributed by atoms with Gasteiger partial charge in [-0.3, -0.25) is 9.80 Å². The van der Waals surface area contributed by atoms with Crippen LogP contribution in [0.5, 0.6) is 0 Å².